The average Bonchev–Trinajstić information content (AvgIpc) is 2.97. The van der Waals surface area contributed by atoms with Crippen molar-refractivity contribution >= 4 is 17.2 Å². The van der Waals surface area contributed by atoms with Gasteiger partial charge in [-0.3, -0.25) is 4.79 Å². The predicted molar refractivity (Wildman–Crippen MR) is 64.9 cm³/mol. The molecule has 2 aromatic rings. The summed E-state index contributed by atoms with van der Waals surface area (Å²) in [5.41, 5.74) is -1.06. The second kappa shape index (κ2) is 4.73. The SMILES string of the molecule is CC(O)(CNC(=O)c1ccco1)c1cccs1. The molecule has 0 saturated carbocycles. The molecule has 0 aliphatic rings. The zero-order chi connectivity index (χ0) is 12.3. The van der Waals surface area contributed by atoms with Crippen molar-refractivity contribution in [1.82, 2.24) is 5.32 Å². The summed E-state index contributed by atoms with van der Waals surface area (Å²) in [5, 5.41) is 14.7. The van der Waals surface area contributed by atoms with Gasteiger partial charge in [0.2, 0.25) is 0 Å². The summed E-state index contributed by atoms with van der Waals surface area (Å²) in [7, 11) is 0. The standard InChI is InChI=1S/C12H13NO3S/c1-12(15,10-5-3-7-17-10)8-13-11(14)9-4-2-6-16-9/h2-7,15H,8H2,1H3,(H,13,14). The van der Waals surface area contributed by atoms with Crippen molar-refractivity contribution in [2.45, 2.75) is 12.5 Å². The number of thiophene rings is 1. The summed E-state index contributed by atoms with van der Waals surface area (Å²) in [6.07, 6.45) is 1.44. The molecule has 0 bridgehead atoms. The fourth-order valence-corrected chi connectivity index (χ4v) is 2.21. The van der Waals surface area contributed by atoms with Crippen molar-refractivity contribution in [2.75, 3.05) is 6.54 Å². The molecule has 1 unspecified atom stereocenters. The Hall–Kier alpha value is -1.59. The molecular formula is C12H13NO3S. The number of rotatable bonds is 4. The van der Waals surface area contributed by atoms with E-state index in [1.807, 2.05) is 17.5 Å². The minimum Gasteiger partial charge on any atom is -0.459 e. The minimum absolute atomic E-state index is 0.146. The Bertz CT molecular complexity index is 474. The molecule has 5 heteroatoms. The first kappa shape index (κ1) is 11.9. The topological polar surface area (TPSA) is 62.5 Å². The van der Waals surface area contributed by atoms with Crippen LogP contribution in [0.15, 0.2) is 40.3 Å². The van der Waals surface area contributed by atoms with Crippen LogP contribution in [0.2, 0.25) is 0 Å². The molecule has 2 aromatic heterocycles. The lowest BCUT2D eigenvalue weighted by atomic mass is 10.1. The molecule has 0 fully saturated rings. The number of furan rings is 1. The summed E-state index contributed by atoms with van der Waals surface area (Å²) in [6.45, 7) is 1.81. The molecule has 17 heavy (non-hydrogen) atoms. The van der Waals surface area contributed by atoms with Gasteiger partial charge in [-0.2, -0.15) is 0 Å². The van der Waals surface area contributed by atoms with Crippen LogP contribution in [-0.2, 0) is 5.60 Å². The molecule has 2 rings (SSSR count). The average molecular weight is 251 g/mol. The van der Waals surface area contributed by atoms with Crippen LogP contribution in [0.3, 0.4) is 0 Å². The van der Waals surface area contributed by atoms with Gasteiger partial charge in [-0.25, -0.2) is 0 Å². The lowest BCUT2D eigenvalue weighted by molar-refractivity contribution is 0.0548. The number of hydrogen-bond donors (Lipinski definition) is 2. The number of amides is 1. The molecule has 0 saturated heterocycles. The van der Waals surface area contributed by atoms with Crippen molar-refractivity contribution in [3.05, 3.63) is 46.5 Å². The highest BCUT2D eigenvalue weighted by Crippen LogP contribution is 2.24. The third kappa shape index (κ3) is 2.75. The summed E-state index contributed by atoms with van der Waals surface area (Å²) < 4.78 is 4.96. The van der Waals surface area contributed by atoms with E-state index in [4.69, 9.17) is 4.42 Å². The highest BCUT2D eigenvalue weighted by molar-refractivity contribution is 7.10. The quantitative estimate of drug-likeness (QED) is 0.873. The van der Waals surface area contributed by atoms with Crippen molar-refractivity contribution in [3.8, 4) is 0 Å². The van der Waals surface area contributed by atoms with Crippen molar-refractivity contribution in [1.29, 1.82) is 0 Å². The number of carbonyl (C=O) groups excluding carboxylic acids is 1. The van der Waals surface area contributed by atoms with Crippen LogP contribution in [0, 0.1) is 0 Å². The van der Waals surface area contributed by atoms with Gasteiger partial charge in [0.05, 0.1) is 12.8 Å². The normalized spacial score (nSPS) is 14.2. The number of aliphatic hydroxyl groups is 1. The van der Waals surface area contributed by atoms with Crippen LogP contribution in [0.25, 0.3) is 0 Å². The van der Waals surface area contributed by atoms with Gasteiger partial charge in [0.25, 0.3) is 5.91 Å². The van der Waals surface area contributed by atoms with E-state index in [-0.39, 0.29) is 18.2 Å². The van der Waals surface area contributed by atoms with Crippen molar-refractivity contribution < 1.29 is 14.3 Å². The van der Waals surface area contributed by atoms with Gasteiger partial charge in [-0.05, 0) is 30.5 Å². The molecule has 0 aromatic carbocycles. The lowest BCUT2D eigenvalue weighted by Crippen LogP contribution is -2.37. The Morgan fingerprint density at radius 1 is 1.53 bits per heavy atom. The Kier molecular flexibility index (Phi) is 3.31. The largest absolute Gasteiger partial charge is 0.459 e. The zero-order valence-electron chi connectivity index (χ0n) is 9.34. The summed E-state index contributed by atoms with van der Waals surface area (Å²) in [4.78, 5) is 12.4. The van der Waals surface area contributed by atoms with Crippen LogP contribution >= 0.6 is 11.3 Å². The highest BCUT2D eigenvalue weighted by atomic mass is 32.1. The van der Waals surface area contributed by atoms with Gasteiger partial charge in [0.1, 0.15) is 5.60 Å². The van der Waals surface area contributed by atoms with Gasteiger partial charge in [-0.1, -0.05) is 6.07 Å². The lowest BCUT2D eigenvalue weighted by Gasteiger charge is -2.21. The monoisotopic (exact) mass is 251 g/mol. The third-order valence-corrected chi connectivity index (χ3v) is 3.51. The Morgan fingerprint density at radius 3 is 2.94 bits per heavy atom. The molecule has 0 aliphatic carbocycles. The predicted octanol–water partition coefficient (Wildman–Crippen LogP) is 1.98. The smallest absolute Gasteiger partial charge is 0.287 e. The van der Waals surface area contributed by atoms with E-state index < -0.39 is 5.60 Å². The van der Waals surface area contributed by atoms with Gasteiger partial charge in [0.15, 0.2) is 5.76 Å². The van der Waals surface area contributed by atoms with Crippen molar-refractivity contribution in [3.63, 3.8) is 0 Å². The van der Waals surface area contributed by atoms with Gasteiger partial charge >= 0.3 is 0 Å². The van der Waals surface area contributed by atoms with Crippen LogP contribution in [-0.4, -0.2) is 17.6 Å². The Balaban J connectivity index is 1.96. The van der Waals surface area contributed by atoms with Crippen LogP contribution in [0.5, 0.6) is 0 Å². The third-order valence-electron chi connectivity index (χ3n) is 2.39. The molecule has 0 aliphatic heterocycles. The van der Waals surface area contributed by atoms with E-state index in [2.05, 4.69) is 5.32 Å². The van der Waals surface area contributed by atoms with Crippen LogP contribution in [0.4, 0.5) is 0 Å². The fraction of sp³-hybridized carbons (Fsp3) is 0.250. The Morgan fingerprint density at radius 2 is 2.35 bits per heavy atom. The summed E-state index contributed by atoms with van der Waals surface area (Å²) >= 11 is 1.45. The molecule has 2 heterocycles. The fourth-order valence-electron chi connectivity index (χ4n) is 1.42. The first-order valence-electron chi connectivity index (χ1n) is 5.18. The number of hydrogen-bond acceptors (Lipinski definition) is 4. The van der Waals surface area contributed by atoms with Gasteiger partial charge < -0.3 is 14.8 Å². The molecule has 1 amide bonds. The molecule has 0 radical (unpaired) electrons. The maximum atomic E-state index is 11.6. The Labute approximate surface area is 103 Å². The molecule has 4 nitrogen and oxygen atoms in total. The van der Waals surface area contributed by atoms with E-state index >= 15 is 0 Å². The summed E-state index contributed by atoms with van der Waals surface area (Å²) in [6, 6.07) is 6.92. The van der Waals surface area contributed by atoms with Crippen molar-refractivity contribution in [2.24, 2.45) is 0 Å². The second-order valence-electron chi connectivity index (χ2n) is 3.91. The minimum atomic E-state index is -1.06. The number of carbonyl (C=O) groups is 1. The first-order chi connectivity index (χ1) is 8.09. The van der Waals surface area contributed by atoms with Gasteiger partial charge in [0, 0.05) is 4.88 Å². The van der Waals surface area contributed by atoms with E-state index in [1.54, 1.807) is 19.1 Å². The van der Waals surface area contributed by atoms with Crippen LogP contribution in [0.1, 0.15) is 22.4 Å². The maximum absolute atomic E-state index is 11.6. The molecule has 90 valence electrons. The van der Waals surface area contributed by atoms with E-state index in [0.717, 1.165) is 4.88 Å². The van der Waals surface area contributed by atoms with Gasteiger partial charge in [-0.15, -0.1) is 11.3 Å². The molecule has 1 atom stereocenters. The first-order valence-corrected chi connectivity index (χ1v) is 6.05. The molecular weight excluding hydrogens is 238 g/mol. The van der Waals surface area contributed by atoms with E-state index in [0.29, 0.717) is 0 Å². The zero-order valence-corrected chi connectivity index (χ0v) is 10.2. The van der Waals surface area contributed by atoms with E-state index in [1.165, 1.54) is 17.6 Å². The molecule has 2 N–H and O–H groups in total. The summed E-state index contributed by atoms with van der Waals surface area (Å²) in [5.74, 6) is -0.0844. The van der Waals surface area contributed by atoms with E-state index in [9.17, 15) is 9.90 Å². The maximum Gasteiger partial charge on any atom is 0.287 e. The van der Waals surface area contributed by atoms with Crippen LogP contribution < -0.4 is 5.32 Å². The second-order valence-corrected chi connectivity index (χ2v) is 4.86. The number of nitrogens with one attached hydrogen (secondary N) is 1. The molecule has 0 spiro atoms. The highest BCUT2D eigenvalue weighted by Gasteiger charge is 2.25.